The minimum atomic E-state index is -0.149. The van der Waals surface area contributed by atoms with Crippen molar-refractivity contribution in [3.8, 4) is 0 Å². The molecule has 2 saturated heterocycles. The van der Waals surface area contributed by atoms with E-state index in [0.29, 0.717) is 0 Å². The molecule has 0 aromatic carbocycles. The summed E-state index contributed by atoms with van der Waals surface area (Å²) in [6.45, 7) is 3.63. The molecule has 2 unspecified atom stereocenters. The summed E-state index contributed by atoms with van der Waals surface area (Å²) in [4.78, 5) is 2.31. The molecule has 1 spiro atoms. The summed E-state index contributed by atoms with van der Waals surface area (Å²) < 4.78 is 5.49. The first-order valence-corrected chi connectivity index (χ1v) is 5.17. The Balaban J connectivity index is 2.07. The molecule has 0 bridgehead atoms. The summed E-state index contributed by atoms with van der Waals surface area (Å²) in [5.41, 5.74) is 0.0469. The molecule has 2 heterocycles. The van der Waals surface area contributed by atoms with E-state index >= 15 is 0 Å². The van der Waals surface area contributed by atoms with E-state index in [-0.39, 0.29) is 11.5 Å². The summed E-state index contributed by atoms with van der Waals surface area (Å²) in [6.07, 6.45) is 2.98. The molecule has 76 valence electrons. The van der Waals surface area contributed by atoms with Gasteiger partial charge in [0.15, 0.2) is 0 Å². The predicted molar refractivity (Wildman–Crippen MR) is 50.6 cm³/mol. The molecule has 2 aliphatic rings. The van der Waals surface area contributed by atoms with Crippen LogP contribution in [-0.2, 0) is 4.74 Å². The molecule has 3 heteroatoms. The van der Waals surface area contributed by atoms with Gasteiger partial charge in [-0.3, -0.25) is 0 Å². The van der Waals surface area contributed by atoms with Crippen molar-refractivity contribution in [1.82, 2.24) is 4.90 Å². The molecule has 2 rings (SSSR count). The van der Waals surface area contributed by atoms with Gasteiger partial charge in [0.2, 0.25) is 0 Å². The maximum absolute atomic E-state index is 10.00. The lowest BCUT2D eigenvalue weighted by Crippen LogP contribution is -2.53. The second-order valence-corrected chi connectivity index (χ2v) is 4.56. The highest BCUT2D eigenvalue weighted by Crippen LogP contribution is 2.37. The lowest BCUT2D eigenvalue weighted by atomic mass is 9.74. The zero-order chi connectivity index (χ0) is 9.31. The molecule has 2 aliphatic heterocycles. The smallest absolute Gasteiger partial charge is 0.0652 e. The van der Waals surface area contributed by atoms with Gasteiger partial charge in [0.05, 0.1) is 12.7 Å². The van der Waals surface area contributed by atoms with Gasteiger partial charge in [-0.15, -0.1) is 0 Å². The number of aliphatic hydroxyl groups is 1. The molecule has 0 aromatic rings. The fourth-order valence-corrected chi connectivity index (χ4v) is 2.66. The van der Waals surface area contributed by atoms with Gasteiger partial charge in [-0.1, -0.05) is 0 Å². The molecular weight excluding hydrogens is 166 g/mol. The maximum atomic E-state index is 10.00. The quantitative estimate of drug-likeness (QED) is 0.596. The van der Waals surface area contributed by atoms with Gasteiger partial charge >= 0.3 is 0 Å². The van der Waals surface area contributed by atoms with Crippen molar-refractivity contribution >= 4 is 0 Å². The Morgan fingerprint density at radius 3 is 3.08 bits per heavy atom. The number of likely N-dealkylation sites (tertiary alicyclic amines) is 1. The van der Waals surface area contributed by atoms with Crippen LogP contribution in [0.5, 0.6) is 0 Å². The minimum absolute atomic E-state index is 0.0469. The number of rotatable bonds is 0. The molecule has 2 fully saturated rings. The van der Waals surface area contributed by atoms with E-state index in [0.717, 1.165) is 39.1 Å². The lowest BCUT2D eigenvalue weighted by Gasteiger charge is -2.46. The highest BCUT2D eigenvalue weighted by molar-refractivity contribution is 4.93. The fraction of sp³-hybridized carbons (Fsp3) is 1.00. The third-order valence-corrected chi connectivity index (χ3v) is 3.43. The SMILES string of the molecule is CN1CCCC2(COCCC2O)C1. The average molecular weight is 185 g/mol. The van der Waals surface area contributed by atoms with E-state index in [9.17, 15) is 5.11 Å². The van der Waals surface area contributed by atoms with E-state index in [1.54, 1.807) is 0 Å². The van der Waals surface area contributed by atoms with Crippen LogP contribution < -0.4 is 0 Å². The van der Waals surface area contributed by atoms with Gasteiger partial charge in [-0.05, 0) is 32.9 Å². The second-order valence-electron chi connectivity index (χ2n) is 4.56. The molecule has 0 radical (unpaired) electrons. The number of nitrogens with zero attached hydrogens (tertiary/aromatic N) is 1. The van der Waals surface area contributed by atoms with Crippen LogP contribution in [0.1, 0.15) is 19.3 Å². The molecule has 0 amide bonds. The number of aliphatic hydroxyl groups excluding tert-OH is 1. The van der Waals surface area contributed by atoms with E-state index in [4.69, 9.17) is 4.74 Å². The zero-order valence-corrected chi connectivity index (χ0v) is 8.33. The first-order valence-electron chi connectivity index (χ1n) is 5.17. The summed E-state index contributed by atoms with van der Waals surface area (Å²) >= 11 is 0. The van der Waals surface area contributed by atoms with Crippen molar-refractivity contribution in [2.75, 3.05) is 33.4 Å². The van der Waals surface area contributed by atoms with Crippen molar-refractivity contribution in [3.05, 3.63) is 0 Å². The van der Waals surface area contributed by atoms with Gasteiger partial charge in [-0.2, -0.15) is 0 Å². The summed E-state index contributed by atoms with van der Waals surface area (Å²) in [7, 11) is 2.13. The number of hydrogen-bond donors (Lipinski definition) is 1. The molecule has 1 N–H and O–H groups in total. The van der Waals surface area contributed by atoms with Crippen molar-refractivity contribution in [2.24, 2.45) is 5.41 Å². The van der Waals surface area contributed by atoms with Gasteiger partial charge in [-0.25, -0.2) is 0 Å². The van der Waals surface area contributed by atoms with Crippen LogP contribution in [-0.4, -0.2) is 49.5 Å². The Hall–Kier alpha value is -0.120. The van der Waals surface area contributed by atoms with Crippen molar-refractivity contribution < 1.29 is 9.84 Å². The first kappa shape index (κ1) is 9.44. The fourth-order valence-electron chi connectivity index (χ4n) is 2.66. The molecule has 13 heavy (non-hydrogen) atoms. The number of ether oxygens (including phenoxy) is 1. The molecular formula is C10H19NO2. The molecule has 0 aliphatic carbocycles. The van der Waals surface area contributed by atoms with Crippen LogP contribution in [0.2, 0.25) is 0 Å². The standard InChI is InChI=1S/C10H19NO2/c1-11-5-2-4-10(7-11)8-13-6-3-9(10)12/h9,12H,2-8H2,1H3. The van der Waals surface area contributed by atoms with Crippen molar-refractivity contribution in [3.63, 3.8) is 0 Å². The van der Waals surface area contributed by atoms with Gasteiger partial charge in [0.1, 0.15) is 0 Å². The second kappa shape index (κ2) is 3.56. The highest BCUT2D eigenvalue weighted by Gasteiger charge is 2.42. The van der Waals surface area contributed by atoms with Crippen LogP contribution in [0.15, 0.2) is 0 Å². The van der Waals surface area contributed by atoms with Crippen LogP contribution in [0.3, 0.4) is 0 Å². The average Bonchev–Trinajstić information content (AvgIpc) is 2.11. The molecule has 0 aromatic heterocycles. The minimum Gasteiger partial charge on any atom is -0.392 e. The molecule has 3 nitrogen and oxygen atoms in total. The van der Waals surface area contributed by atoms with Gasteiger partial charge in [0, 0.05) is 18.6 Å². The monoisotopic (exact) mass is 185 g/mol. The topological polar surface area (TPSA) is 32.7 Å². The van der Waals surface area contributed by atoms with Crippen LogP contribution in [0.25, 0.3) is 0 Å². The van der Waals surface area contributed by atoms with E-state index < -0.39 is 0 Å². The van der Waals surface area contributed by atoms with E-state index in [1.165, 1.54) is 6.42 Å². The number of piperidine rings is 1. The lowest BCUT2D eigenvalue weighted by molar-refractivity contribution is -0.124. The van der Waals surface area contributed by atoms with Crippen molar-refractivity contribution in [2.45, 2.75) is 25.4 Å². The van der Waals surface area contributed by atoms with Crippen LogP contribution >= 0.6 is 0 Å². The van der Waals surface area contributed by atoms with E-state index in [1.807, 2.05) is 0 Å². The third-order valence-electron chi connectivity index (χ3n) is 3.43. The Morgan fingerprint density at radius 1 is 1.54 bits per heavy atom. The van der Waals surface area contributed by atoms with E-state index in [2.05, 4.69) is 11.9 Å². The van der Waals surface area contributed by atoms with Gasteiger partial charge in [0.25, 0.3) is 0 Å². The zero-order valence-electron chi connectivity index (χ0n) is 8.33. The highest BCUT2D eigenvalue weighted by atomic mass is 16.5. The summed E-state index contributed by atoms with van der Waals surface area (Å²) in [6, 6.07) is 0. The van der Waals surface area contributed by atoms with Crippen molar-refractivity contribution in [1.29, 1.82) is 0 Å². The number of hydrogen-bond acceptors (Lipinski definition) is 3. The largest absolute Gasteiger partial charge is 0.392 e. The summed E-state index contributed by atoms with van der Waals surface area (Å²) in [5, 5.41) is 10.00. The normalized spacial score (nSPS) is 42.5. The molecule has 2 atom stereocenters. The third kappa shape index (κ3) is 1.73. The Morgan fingerprint density at radius 2 is 2.38 bits per heavy atom. The summed E-state index contributed by atoms with van der Waals surface area (Å²) in [5.74, 6) is 0. The van der Waals surface area contributed by atoms with Crippen LogP contribution in [0, 0.1) is 5.41 Å². The van der Waals surface area contributed by atoms with Gasteiger partial charge < -0.3 is 14.7 Å². The molecule has 0 saturated carbocycles. The Labute approximate surface area is 79.7 Å². The first-order chi connectivity index (χ1) is 6.23. The Kier molecular flexibility index (Phi) is 2.58. The van der Waals surface area contributed by atoms with Crippen LogP contribution in [0.4, 0.5) is 0 Å². The Bertz CT molecular complexity index is 182. The maximum Gasteiger partial charge on any atom is 0.0652 e. The predicted octanol–water partition coefficient (Wildman–Crippen LogP) is 0.480.